The van der Waals surface area contributed by atoms with Crippen LogP contribution in [-0.2, 0) is 0 Å². The topological polar surface area (TPSA) is 51.8 Å². The summed E-state index contributed by atoms with van der Waals surface area (Å²) in [6.45, 7) is 0. The third-order valence-electron chi connectivity index (χ3n) is 1.53. The van der Waals surface area contributed by atoms with Gasteiger partial charge in [-0.15, -0.1) is 11.3 Å². The summed E-state index contributed by atoms with van der Waals surface area (Å²) in [6, 6.07) is 3.98. The molecule has 2 aromatic heterocycles. The molecule has 0 saturated heterocycles. The second-order valence-electron chi connectivity index (χ2n) is 2.30. The number of nitrogen functional groups attached to an aromatic ring is 1. The zero-order valence-electron chi connectivity index (χ0n) is 6.27. The number of rotatable bonds is 1. The molecule has 2 heterocycles. The second-order valence-corrected chi connectivity index (χ2v) is 3.25. The van der Waals surface area contributed by atoms with E-state index in [1.54, 1.807) is 17.5 Å². The largest absolute Gasteiger partial charge is 0.383 e. The monoisotopic (exact) mass is 177 g/mol. The molecule has 2 rings (SSSR count). The van der Waals surface area contributed by atoms with Crippen LogP contribution >= 0.6 is 11.3 Å². The molecule has 0 bridgehead atoms. The zero-order valence-corrected chi connectivity index (χ0v) is 7.08. The number of nitrogens with zero attached hydrogens (tertiary/aromatic N) is 2. The summed E-state index contributed by atoms with van der Waals surface area (Å²) in [5.74, 6) is 0.535. The molecule has 0 amide bonds. The molecule has 0 aromatic carbocycles. The first kappa shape index (κ1) is 7.24. The number of hydrogen-bond donors (Lipinski definition) is 1. The molecule has 0 fully saturated rings. The molecule has 0 aliphatic carbocycles. The first-order chi connectivity index (χ1) is 5.88. The number of aromatic nitrogens is 2. The van der Waals surface area contributed by atoms with E-state index in [1.165, 1.54) is 6.33 Å². The van der Waals surface area contributed by atoms with Gasteiger partial charge in [0.2, 0.25) is 0 Å². The van der Waals surface area contributed by atoms with E-state index in [-0.39, 0.29) is 0 Å². The van der Waals surface area contributed by atoms with Gasteiger partial charge in [-0.3, -0.25) is 0 Å². The van der Waals surface area contributed by atoms with E-state index in [9.17, 15) is 0 Å². The molecule has 0 radical (unpaired) electrons. The Kier molecular flexibility index (Phi) is 1.75. The molecule has 12 heavy (non-hydrogen) atoms. The minimum absolute atomic E-state index is 0.535. The van der Waals surface area contributed by atoms with Crippen molar-refractivity contribution in [1.82, 2.24) is 9.97 Å². The zero-order chi connectivity index (χ0) is 8.39. The van der Waals surface area contributed by atoms with Crippen molar-refractivity contribution in [1.29, 1.82) is 0 Å². The number of nitrogens with two attached hydrogens (primary N) is 1. The van der Waals surface area contributed by atoms with Crippen molar-refractivity contribution in [3.05, 3.63) is 30.0 Å². The Morgan fingerprint density at radius 3 is 3.00 bits per heavy atom. The van der Waals surface area contributed by atoms with Crippen LogP contribution in [0.1, 0.15) is 0 Å². The van der Waals surface area contributed by atoms with E-state index in [4.69, 9.17) is 5.73 Å². The SMILES string of the molecule is Nc1ncncc1-c1cccs1. The summed E-state index contributed by atoms with van der Waals surface area (Å²) < 4.78 is 0. The second kappa shape index (κ2) is 2.91. The van der Waals surface area contributed by atoms with Gasteiger partial charge >= 0.3 is 0 Å². The van der Waals surface area contributed by atoms with E-state index < -0.39 is 0 Å². The average molecular weight is 177 g/mol. The summed E-state index contributed by atoms with van der Waals surface area (Å²) in [5, 5.41) is 2.00. The number of anilines is 1. The molecule has 0 aliphatic heterocycles. The van der Waals surface area contributed by atoms with E-state index in [1.807, 2.05) is 17.5 Å². The lowest BCUT2D eigenvalue weighted by Crippen LogP contribution is -1.93. The van der Waals surface area contributed by atoms with Crippen molar-refractivity contribution in [3.63, 3.8) is 0 Å². The maximum absolute atomic E-state index is 5.67. The standard InChI is InChI=1S/C8H7N3S/c9-8-6(4-10-5-11-8)7-2-1-3-12-7/h1-5H,(H2,9,10,11). The summed E-state index contributed by atoms with van der Waals surface area (Å²) in [6.07, 6.45) is 3.18. The fraction of sp³-hybridized carbons (Fsp3) is 0. The van der Waals surface area contributed by atoms with Gasteiger partial charge in [0, 0.05) is 11.1 Å². The van der Waals surface area contributed by atoms with Crippen LogP contribution in [0.15, 0.2) is 30.0 Å². The van der Waals surface area contributed by atoms with Gasteiger partial charge in [-0.05, 0) is 11.4 Å². The minimum atomic E-state index is 0.535. The lowest BCUT2D eigenvalue weighted by atomic mass is 10.2. The Balaban J connectivity index is 2.55. The highest BCUT2D eigenvalue weighted by atomic mass is 32.1. The van der Waals surface area contributed by atoms with Crippen LogP contribution in [0, 0.1) is 0 Å². The molecule has 0 saturated carbocycles. The Hall–Kier alpha value is -1.42. The van der Waals surface area contributed by atoms with Crippen LogP contribution < -0.4 is 5.73 Å². The Labute approximate surface area is 73.9 Å². The fourth-order valence-corrected chi connectivity index (χ4v) is 1.71. The van der Waals surface area contributed by atoms with Crippen molar-refractivity contribution < 1.29 is 0 Å². The van der Waals surface area contributed by atoms with Crippen molar-refractivity contribution in [2.24, 2.45) is 0 Å². The van der Waals surface area contributed by atoms with Gasteiger partial charge in [0.15, 0.2) is 0 Å². The number of thiophene rings is 1. The molecule has 0 atom stereocenters. The van der Waals surface area contributed by atoms with Gasteiger partial charge in [0.25, 0.3) is 0 Å². The first-order valence-electron chi connectivity index (χ1n) is 3.47. The number of hydrogen-bond acceptors (Lipinski definition) is 4. The highest BCUT2D eigenvalue weighted by Gasteiger charge is 2.02. The fourth-order valence-electron chi connectivity index (χ4n) is 0.961. The van der Waals surface area contributed by atoms with Crippen LogP contribution in [0.4, 0.5) is 5.82 Å². The highest BCUT2D eigenvalue weighted by Crippen LogP contribution is 2.26. The van der Waals surface area contributed by atoms with Crippen molar-refractivity contribution in [3.8, 4) is 10.4 Å². The third kappa shape index (κ3) is 1.16. The van der Waals surface area contributed by atoms with Crippen molar-refractivity contribution in [2.75, 3.05) is 5.73 Å². The van der Waals surface area contributed by atoms with E-state index in [2.05, 4.69) is 9.97 Å². The maximum atomic E-state index is 5.67. The van der Waals surface area contributed by atoms with E-state index in [0.717, 1.165) is 10.4 Å². The first-order valence-corrected chi connectivity index (χ1v) is 4.35. The molecular weight excluding hydrogens is 170 g/mol. The minimum Gasteiger partial charge on any atom is -0.383 e. The van der Waals surface area contributed by atoms with E-state index in [0.29, 0.717) is 5.82 Å². The molecule has 2 aromatic rings. The van der Waals surface area contributed by atoms with Gasteiger partial charge in [-0.1, -0.05) is 6.07 Å². The summed E-state index contributed by atoms with van der Waals surface area (Å²) in [5.41, 5.74) is 6.58. The van der Waals surface area contributed by atoms with E-state index >= 15 is 0 Å². The van der Waals surface area contributed by atoms with Crippen LogP contribution in [0.25, 0.3) is 10.4 Å². The van der Waals surface area contributed by atoms with Gasteiger partial charge < -0.3 is 5.73 Å². The smallest absolute Gasteiger partial charge is 0.135 e. The highest BCUT2D eigenvalue weighted by molar-refractivity contribution is 7.13. The quantitative estimate of drug-likeness (QED) is 0.722. The third-order valence-corrected chi connectivity index (χ3v) is 2.43. The van der Waals surface area contributed by atoms with Gasteiger partial charge in [0.1, 0.15) is 12.1 Å². The Bertz CT molecular complexity index is 370. The van der Waals surface area contributed by atoms with Gasteiger partial charge in [0.05, 0.1) is 5.56 Å². The van der Waals surface area contributed by atoms with Crippen LogP contribution in [0.3, 0.4) is 0 Å². The van der Waals surface area contributed by atoms with Gasteiger partial charge in [-0.2, -0.15) is 0 Å². The maximum Gasteiger partial charge on any atom is 0.135 e. The molecule has 3 nitrogen and oxygen atoms in total. The van der Waals surface area contributed by atoms with Crippen LogP contribution in [0.5, 0.6) is 0 Å². The predicted molar refractivity (Wildman–Crippen MR) is 49.8 cm³/mol. The van der Waals surface area contributed by atoms with Crippen molar-refractivity contribution in [2.45, 2.75) is 0 Å². The Morgan fingerprint density at radius 2 is 2.33 bits per heavy atom. The summed E-state index contributed by atoms with van der Waals surface area (Å²) >= 11 is 1.63. The molecule has 0 aliphatic rings. The molecule has 0 unspecified atom stereocenters. The molecular formula is C8H7N3S. The Morgan fingerprint density at radius 1 is 1.42 bits per heavy atom. The molecule has 0 spiro atoms. The van der Waals surface area contributed by atoms with Crippen LogP contribution in [0.2, 0.25) is 0 Å². The summed E-state index contributed by atoms with van der Waals surface area (Å²) in [4.78, 5) is 8.93. The molecule has 60 valence electrons. The lowest BCUT2D eigenvalue weighted by Gasteiger charge is -1.98. The average Bonchev–Trinajstić information content (AvgIpc) is 2.57. The normalized spacial score (nSPS) is 10.0. The predicted octanol–water partition coefficient (Wildman–Crippen LogP) is 1.79. The van der Waals surface area contributed by atoms with Crippen LogP contribution in [-0.4, -0.2) is 9.97 Å². The lowest BCUT2D eigenvalue weighted by molar-refractivity contribution is 1.18. The van der Waals surface area contributed by atoms with Crippen molar-refractivity contribution >= 4 is 17.2 Å². The summed E-state index contributed by atoms with van der Waals surface area (Å²) in [7, 11) is 0. The molecule has 4 heteroatoms. The molecule has 2 N–H and O–H groups in total. The van der Waals surface area contributed by atoms with Gasteiger partial charge in [-0.25, -0.2) is 9.97 Å².